The van der Waals surface area contributed by atoms with E-state index in [1.165, 1.54) is 0 Å². The normalized spacial score (nSPS) is 14.7. The average molecular weight is 388 g/mol. The summed E-state index contributed by atoms with van der Waals surface area (Å²) in [7, 11) is 0. The number of halogens is 2. The number of hydrogen-bond acceptors (Lipinski definition) is 2. The molecule has 0 spiro atoms. The van der Waals surface area contributed by atoms with Crippen molar-refractivity contribution in [2.75, 3.05) is 0 Å². The highest BCUT2D eigenvalue weighted by Crippen LogP contribution is 2.38. The smallest absolute Gasteiger partial charge is 0.131 e. The van der Waals surface area contributed by atoms with Gasteiger partial charge in [0, 0.05) is 16.1 Å². The molecule has 1 aromatic heterocycles. The predicted octanol–water partition coefficient (Wildman–Crippen LogP) is 4.24. The van der Waals surface area contributed by atoms with Gasteiger partial charge in [0.25, 0.3) is 0 Å². The second-order valence-electron chi connectivity index (χ2n) is 4.93. The average Bonchev–Trinajstić information content (AvgIpc) is 2.72. The minimum absolute atomic E-state index is 0.176. The predicted molar refractivity (Wildman–Crippen MR) is 83.1 cm³/mol. The quantitative estimate of drug-likeness (QED) is 0.854. The summed E-state index contributed by atoms with van der Waals surface area (Å²) in [6.07, 6.45) is 1.72. The van der Waals surface area contributed by atoms with E-state index in [2.05, 4.69) is 37.0 Å². The highest BCUT2D eigenvalue weighted by atomic mass is 79.9. The first-order valence-electron chi connectivity index (χ1n) is 6.06. The summed E-state index contributed by atoms with van der Waals surface area (Å²) in [6.45, 7) is 5.87. The van der Waals surface area contributed by atoms with E-state index in [1.807, 2.05) is 42.8 Å². The minimum atomic E-state index is -1.13. The lowest BCUT2D eigenvalue weighted by Gasteiger charge is -2.28. The van der Waals surface area contributed by atoms with Gasteiger partial charge in [-0.3, -0.25) is 4.68 Å². The van der Waals surface area contributed by atoms with Gasteiger partial charge in [0.15, 0.2) is 0 Å². The van der Waals surface area contributed by atoms with Crippen LogP contribution in [0.25, 0.3) is 0 Å². The van der Waals surface area contributed by atoms with Crippen LogP contribution in [0.3, 0.4) is 0 Å². The second-order valence-corrected chi connectivity index (χ2v) is 6.64. The Balaban J connectivity index is 2.63. The topological polar surface area (TPSA) is 38.0 Å². The van der Waals surface area contributed by atoms with Gasteiger partial charge in [-0.1, -0.05) is 34.1 Å². The SMILES string of the molecule is CC(C)n1ncc(Br)c1C(C)(O)c1ccccc1Br. The van der Waals surface area contributed by atoms with Crippen LogP contribution in [0, 0.1) is 0 Å². The highest BCUT2D eigenvalue weighted by Gasteiger charge is 2.34. The van der Waals surface area contributed by atoms with E-state index in [9.17, 15) is 5.11 Å². The molecule has 0 radical (unpaired) electrons. The molecule has 0 amide bonds. The summed E-state index contributed by atoms with van der Waals surface area (Å²) in [5, 5.41) is 15.3. The Kier molecular flexibility index (Phi) is 4.18. The zero-order valence-electron chi connectivity index (χ0n) is 11.1. The molecule has 19 heavy (non-hydrogen) atoms. The standard InChI is InChI=1S/C14H16Br2N2O/c1-9(2)18-13(12(16)8-17-18)14(3,19)10-6-4-5-7-11(10)15/h4-9,19H,1-3H3. The summed E-state index contributed by atoms with van der Waals surface area (Å²) >= 11 is 6.98. The Hall–Kier alpha value is -0.650. The van der Waals surface area contributed by atoms with Crippen LogP contribution in [0.15, 0.2) is 39.4 Å². The van der Waals surface area contributed by atoms with Crippen LogP contribution in [0.1, 0.15) is 38.1 Å². The van der Waals surface area contributed by atoms with Crippen molar-refractivity contribution in [3.8, 4) is 0 Å². The third-order valence-corrected chi connectivity index (χ3v) is 4.37. The van der Waals surface area contributed by atoms with E-state index >= 15 is 0 Å². The van der Waals surface area contributed by atoms with Crippen LogP contribution < -0.4 is 0 Å². The maximum Gasteiger partial charge on any atom is 0.131 e. The van der Waals surface area contributed by atoms with Crippen LogP contribution in [-0.4, -0.2) is 14.9 Å². The molecule has 0 fully saturated rings. The lowest BCUT2D eigenvalue weighted by molar-refractivity contribution is 0.0885. The van der Waals surface area contributed by atoms with Gasteiger partial charge in [0.05, 0.1) is 16.4 Å². The third kappa shape index (κ3) is 2.64. The van der Waals surface area contributed by atoms with Crippen molar-refractivity contribution in [2.24, 2.45) is 0 Å². The summed E-state index contributed by atoms with van der Waals surface area (Å²) in [6, 6.07) is 7.86. The number of aromatic nitrogens is 2. The van der Waals surface area contributed by atoms with Crippen molar-refractivity contribution in [1.29, 1.82) is 0 Å². The fraction of sp³-hybridized carbons (Fsp3) is 0.357. The van der Waals surface area contributed by atoms with Gasteiger partial charge >= 0.3 is 0 Å². The molecule has 0 saturated heterocycles. The monoisotopic (exact) mass is 386 g/mol. The molecule has 0 aliphatic rings. The summed E-state index contributed by atoms with van der Waals surface area (Å²) in [5.74, 6) is 0. The van der Waals surface area contributed by atoms with Crippen LogP contribution in [0.2, 0.25) is 0 Å². The fourth-order valence-corrected chi connectivity index (χ4v) is 3.50. The molecule has 1 heterocycles. The largest absolute Gasteiger partial charge is 0.379 e. The molecule has 0 saturated carbocycles. The van der Waals surface area contributed by atoms with Crippen molar-refractivity contribution >= 4 is 31.9 Å². The number of hydrogen-bond donors (Lipinski definition) is 1. The van der Waals surface area contributed by atoms with Crippen molar-refractivity contribution in [1.82, 2.24) is 9.78 Å². The molecule has 1 N–H and O–H groups in total. The Labute approximate surface area is 129 Å². The van der Waals surface area contributed by atoms with Gasteiger partial charge in [-0.05, 0) is 42.8 Å². The zero-order chi connectivity index (χ0) is 14.2. The summed E-state index contributed by atoms with van der Waals surface area (Å²) in [5.41, 5.74) is 0.451. The molecule has 1 unspecified atom stereocenters. The van der Waals surface area contributed by atoms with Crippen molar-refractivity contribution in [3.05, 3.63) is 50.7 Å². The Morgan fingerprint density at radius 1 is 1.21 bits per heavy atom. The molecular weight excluding hydrogens is 372 g/mol. The molecule has 1 atom stereocenters. The molecule has 3 nitrogen and oxygen atoms in total. The zero-order valence-corrected chi connectivity index (χ0v) is 14.2. The third-order valence-electron chi connectivity index (χ3n) is 3.10. The first-order valence-corrected chi connectivity index (χ1v) is 7.65. The molecule has 5 heteroatoms. The van der Waals surface area contributed by atoms with Gasteiger partial charge in [0.1, 0.15) is 5.60 Å². The Bertz CT molecular complexity index is 591. The van der Waals surface area contributed by atoms with E-state index in [-0.39, 0.29) is 6.04 Å². The molecule has 1 aromatic carbocycles. The Morgan fingerprint density at radius 3 is 2.42 bits per heavy atom. The van der Waals surface area contributed by atoms with Crippen LogP contribution in [0.5, 0.6) is 0 Å². The van der Waals surface area contributed by atoms with E-state index in [0.717, 1.165) is 20.2 Å². The highest BCUT2D eigenvalue weighted by molar-refractivity contribution is 9.10. The minimum Gasteiger partial charge on any atom is -0.379 e. The molecule has 2 aromatic rings. The summed E-state index contributed by atoms with van der Waals surface area (Å²) in [4.78, 5) is 0. The van der Waals surface area contributed by atoms with Crippen LogP contribution >= 0.6 is 31.9 Å². The van der Waals surface area contributed by atoms with Crippen molar-refractivity contribution in [2.45, 2.75) is 32.4 Å². The molecule has 102 valence electrons. The van der Waals surface area contributed by atoms with Gasteiger partial charge in [-0.2, -0.15) is 5.10 Å². The lowest BCUT2D eigenvalue weighted by Crippen LogP contribution is -2.28. The molecule has 0 bridgehead atoms. The molecular formula is C14H16Br2N2O. The number of rotatable bonds is 3. The lowest BCUT2D eigenvalue weighted by atomic mass is 9.92. The second kappa shape index (κ2) is 5.38. The van der Waals surface area contributed by atoms with Gasteiger partial charge in [0.2, 0.25) is 0 Å². The fourth-order valence-electron chi connectivity index (χ4n) is 2.17. The maximum absolute atomic E-state index is 11.0. The van der Waals surface area contributed by atoms with Crippen molar-refractivity contribution < 1.29 is 5.11 Å². The van der Waals surface area contributed by atoms with E-state index in [0.29, 0.717) is 0 Å². The first-order chi connectivity index (χ1) is 8.85. The Morgan fingerprint density at radius 2 is 1.84 bits per heavy atom. The first kappa shape index (κ1) is 14.8. The van der Waals surface area contributed by atoms with Gasteiger partial charge < -0.3 is 5.11 Å². The molecule has 0 aliphatic carbocycles. The summed E-state index contributed by atoms with van der Waals surface area (Å²) < 4.78 is 3.52. The van der Waals surface area contributed by atoms with Gasteiger partial charge in [-0.15, -0.1) is 0 Å². The maximum atomic E-state index is 11.0. The molecule has 2 rings (SSSR count). The van der Waals surface area contributed by atoms with E-state index in [1.54, 1.807) is 13.1 Å². The van der Waals surface area contributed by atoms with E-state index < -0.39 is 5.60 Å². The van der Waals surface area contributed by atoms with E-state index in [4.69, 9.17) is 0 Å². The van der Waals surface area contributed by atoms with Crippen LogP contribution in [0.4, 0.5) is 0 Å². The van der Waals surface area contributed by atoms with Crippen molar-refractivity contribution in [3.63, 3.8) is 0 Å². The number of nitrogens with zero attached hydrogens (tertiary/aromatic N) is 2. The molecule has 0 aliphatic heterocycles. The van der Waals surface area contributed by atoms with Crippen LogP contribution in [-0.2, 0) is 5.60 Å². The number of benzene rings is 1. The van der Waals surface area contributed by atoms with Gasteiger partial charge in [-0.25, -0.2) is 0 Å². The number of aliphatic hydroxyl groups is 1.